The van der Waals surface area contributed by atoms with Crippen molar-refractivity contribution in [1.82, 2.24) is 4.98 Å². The molecule has 0 bridgehead atoms. The van der Waals surface area contributed by atoms with Gasteiger partial charge in [-0.1, -0.05) is 0 Å². The first kappa shape index (κ1) is 13.1. The van der Waals surface area contributed by atoms with Gasteiger partial charge >= 0.3 is 6.18 Å². The molecule has 0 aliphatic heterocycles. The van der Waals surface area contributed by atoms with Crippen molar-refractivity contribution in [2.24, 2.45) is 5.14 Å². The Hall–Kier alpha value is -1.35. The number of primary sulfonamides is 1. The van der Waals surface area contributed by atoms with Crippen LogP contribution in [0.25, 0.3) is 0 Å². The van der Waals surface area contributed by atoms with Gasteiger partial charge in [0.15, 0.2) is 5.03 Å². The van der Waals surface area contributed by atoms with Gasteiger partial charge in [-0.3, -0.25) is 0 Å². The van der Waals surface area contributed by atoms with Crippen molar-refractivity contribution < 1.29 is 26.3 Å². The molecule has 1 aromatic heterocycles. The van der Waals surface area contributed by atoms with Crippen LogP contribution in [0.4, 0.5) is 13.2 Å². The second-order valence-electron chi connectivity index (χ2n) is 3.88. The smallest absolute Gasteiger partial charge is 0.421 e. The number of nitrogens with zero attached hydrogens (tertiary/aromatic N) is 1. The Bertz CT molecular complexity index is 567. The third-order valence-corrected chi connectivity index (χ3v) is 3.06. The number of pyridine rings is 1. The number of ether oxygens (including phenoxy) is 1. The van der Waals surface area contributed by atoms with Crippen LogP contribution in [0.3, 0.4) is 0 Å². The molecule has 0 spiro atoms. The Kier molecular flexibility index (Phi) is 2.98. The van der Waals surface area contributed by atoms with E-state index in [0.717, 1.165) is 0 Å². The molecule has 0 atom stereocenters. The zero-order valence-corrected chi connectivity index (χ0v) is 9.75. The summed E-state index contributed by atoms with van der Waals surface area (Å²) in [7, 11) is -4.16. The lowest BCUT2D eigenvalue weighted by Gasteiger charge is -2.13. The van der Waals surface area contributed by atoms with Crippen LogP contribution < -0.4 is 9.88 Å². The SMILES string of the molecule is NS(=O)(=O)c1cc(OC2CC2)c(C(F)(F)F)cn1. The molecule has 9 heteroatoms. The van der Waals surface area contributed by atoms with Crippen LogP contribution in [0.5, 0.6) is 5.75 Å². The minimum absolute atomic E-state index is 0.304. The molecule has 1 aliphatic carbocycles. The van der Waals surface area contributed by atoms with E-state index in [1.807, 2.05) is 0 Å². The van der Waals surface area contributed by atoms with Gasteiger partial charge in [-0.25, -0.2) is 18.5 Å². The van der Waals surface area contributed by atoms with E-state index in [0.29, 0.717) is 25.1 Å². The molecule has 1 fully saturated rings. The molecule has 0 radical (unpaired) electrons. The first-order valence-electron chi connectivity index (χ1n) is 4.94. The fraction of sp³-hybridized carbons (Fsp3) is 0.444. The highest BCUT2D eigenvalue weighted by atomic mass is 32.2. The number of nitrogens with two attached hydrogens (primary N) is 1. The molecule has 1 aromatic rings. The van der Waals surface area contributed by atoms with E-state index < -0.39 is 32.5 Å². The Morgan fingerprint density at radius 1 is 1.39 bits per heavy atom. The predicted molar refractivity (Wildman–Crippen MR) is 54.3 cm³/mol. The van der Waals surface area contributed by atoms with Crippen molar-refractivity contribution in [3.8, 4) is 5.75 Å². The van der Waals surface area contributed by atoms with Gasteiger partial charge in [0.25, 0.3) is 10.0 Å². The summed E-state index contributed by atoms with van der Waals surface area (Å²) in [6, 6.07) is 0.705. The standard InChI is InChI=1S/C9H9F3N2O3S/c10-9(11,12)6-4-14-8(18(13,15)16)3-7(6)17-5-1-2-5/h3-5H,1-2H2,(H2,13,15,16). The Morgan fingerprint density at radius 3 is 2.44 bits per heavy atom. The van der Waals surface area contributed by atoms with Gasteiger partial charge < -0.3 is 4.74 Å². The van der Waals surface area contributed by atoms with E-state index in [1.165, 1.54) is 0 Å². The number of alkyl halides is 3. The normalized spacial score (nSPS) is 16.7. The molecule has 0 saturated heterocycles. The molecule has 1 aliphatic rings. The minimum atomic E-state index is -4.66. The van der Waals surface area contributed by atoms with E-state index in [-0.39, 0.29) is 6.10 Å². The topological polar surface area (TPSA) is 82.3 Å². The number of sulfonamides is 1. The van der Waals surface area contributed by atoms with Crippen LogP contribution in [0.2, 0.25) is 0 Å². The summed E-state index contributed by atoms with van der Waals surface area (Å²) in [6.07, 6.45) is -3.26. The van der Waals surface area contributed by atoms with E-state index in [4.69, 9.17) is 9.88 Å². The van der Waals surface area contributed by atoms with Crippen LogP contribution in [0.15, 0.2) is 17.3 Å². The van der Waals surface area contributed by atoms with E-state index in [2.05, 4.69) is 4.98 Å². The molecule has 5 nitrogen and oxygen atoms in total. The van der Waals surface area contributed by atoms with Crippen LogP contribution in [0.1, 0.15) is 18.4 Å². The highest BCUT2D eigenvalue weighted by Crippen LogP contribution is 2.39. The van der Waals surface area contributed by atoms with Crippen LogP contribution in [0, 0.1) is 0 Å². The molecule has 0 unspecified atom stereocenters. The maximum atomic E-state index is 12.6. The highest BCUT2D eigenvalue weighted by Gasteiger charge is 2.37. The maximum Gasteiger partial charge on any atom is 0.421 e. The first-order chi connectivity index (χ1) is 8.18. The summed E-state index contributed by atoms with van der Waals surface area (Å²) in [5.74, 6) is -0.552. The number of aromatic nitrogens is 1. The summed E-state index contributed by atoms with van der Waals surface area (Å²) in [5.41, 5.74) is -1.11. The van der Waals surface area contributed by atoms with Crippen molar-refractivity contribution in [1.29, 1.82) is 0 Å². The van der Waals surface area contributed by atoms with Gasteiger partial charge in [0.1, 0.15) is 11.3 Å². The van der Waals surface area contributed by atoms with Crippen molar-refractivity contribution in [3.63, 3.8) is 0 Å². The lowest BCUT2D eigenvalue weighted by atomic mass is 10.2. The van der Waals surface area contributed by atoms with E-state index in [9.17, 15) is 21.6 Å². The summed E-state index contributed by atoms with van der Waals surface area (Å²) in [6.45, 7) is 0. The average Bonchev–Trinajstić information content (AvgIpc) is 2.98. The average molecular weight is 282 g/mol. The monoisotopic (exact) mass is 282 g/mol. The maximum absolute atomic E-state index is 12.6. The Balaban J connectivity index is 2.47. The number of halogens is 3. The Morgan fingerprint density at radius 2 is 2.00 bits per heavy atom. The van der Waals surface area contributed by atoms with Gasteiger partial charge in [0.05, 0.1) is 6.10 Å². The van der Waals surface area contributed by atoms with Gasteiger partial charge in [-0.15, -0.1) is 0 Å². The molecule has 100 valence electrons. The molecule has 1 saturated carbocycles. The summed E-state index contributed by atoms with van der Waals surface area (Å²) in [5, 5.41) is 4.16. The summed E-state index contributed by atoms with van der Waals surface area (Å²) in [4.78, 5) is 3.19. The van der Waals surface area contributed by atoms with Crippen LogP contribution >= 0.6 is 0 Å². The molecule has 2 rings (SSSR count). The van der Waals surface area contributed by atoms with Crippen LogP contribution in [-0.4, -0.2) is 19.5 Å². The second kappa shape index (κ2) is 4.09. The number of rotatable bonds is 3. The Labute approximate surface area is 101 Å². The lowest BCUT2D eigenvalue weighted by Crippen LogP contribution is -2.17. The van der Waals surface area contributed by atoms with Gasteiger partial charge in [0.2, 0.25) is 0 Å². The minimum Gasteiger partial charge on any atom is -0.490 e. The molecule has 0 amide bonds. The first-order valence-corrected chi connectivity index (χ1v) is 6.49. The molecule has 0 aromatic carbocycles. The molecule has 2 N–H and O–H groups in total. The van der Waals surface area contributed by atoms with Crippen LogP contribution in [-0.2, 0) is 16.2 Å². The van der Waals surface area contributed by atoms with Crippen molar-refractivity contribution in [3.05, 3.63) is 17.8 Å². The van der Waals surface area contributed by atoms with Gasteiger partial charge in [-0.05, 0) is 12.8 Å². The molecular weight excluding hydrogens is 273 g/mol. The van der Waals surface area contributed by atoms with E-state index >= 15 is 0 Å². The predicted octanol–water partition coefficient (Wildman–Crippen LogP) is 1.29. The fourth-order valence-corrected chi connectivity index (χ4v) is 1.72. The molecule has 18 heavy (non-hydrogen) atoms. The van der Waals surface area contributed by atoms with E-state index in [1.54, 1.807) is 0 Å². The third kappa shape index (κ3) is 2.91. The van der Waals surface area contributed by atoms with Gasteiger partial charge in [0, 0.05) is 12.3 Å². The zero-order valence-electron chi connectivity index (χ0n) is 8.94. The van der Waals surface area contributed by atoms with Crippen molar-refractivity contribution in [2.75, 3.05) is 0 Å². The zero-order chi connectivity index (χ0) is 13.6. The quantitative estimate of drug-likeness (QED) is 0.905. The van der Waals surface area contributed by atoms with Crippen molar-refractivity contribution >= 4 is 10.0 Å². The lowest BCUT2D eigenvalue weighted by molar-refractivity contribution is -0.139. The summed E-state index contributed by atoms with van der Waals surface area (Å²) < 4.78 is 65.0. The molecular formula is C9H9F3N2O3S. The number of hydrogen-bond donors (Lipinski definition) is 1. The number of hydrogen-bond acceptors (Lipinski definition) is 4. The highest BCUT2D eigenvalue weighted by molar-refractivity contribution is 7.89. The second-order valence-corrected chi connectivity index (χ2v) is 5.39. The third-order valence-electron chi connectivity index (χ3n) is 2.26. The van der Waals surface area contributed by atoms with Crippen molar-refractivity contribution in [2.45, 2.75) is 30.1 Å². The fourth-order valence-electron chi connectivity index (χ4n) is 1.25. The summed E-state index contributed by atoms with van der Waals surface area (Å²) >= 11 is 0. The molecule has 1 heterocycles. The van der Waals surface area contributed by atoms with Gasteiger partial charge in [-0.2, -0.15) is 13.2 Å². The largest absolute Gasteiger partial charge is 0.490 e.